The first kappa shape index (κ1) is 19.7. The van der Waals surface area contributed by atoms with Crippen LogP contribution < -0.4 is 9.46 Å². The van der Waals surface area contributed by atoms with Crippen LogP contribution >= 0.6 is 0 Å². The molecule has 1 aliphatic heterocycles. The smallest absolute Gasteiger partial charge is 0.208 e. The predicted molar refractivity (Wildman–Crippen MR) is 95.8 cm³/mol. The van der Waals surface area contributed by atoms with Gasteiger partial charge in [-0.2, -0.15) is 0 Å². The first-order valence-electron chi connectivity index (χ1n) is 8.41. The Hall–Kier alpha value is -2.10. The Balaban J connectivity index is 1.67. The normalized spacial score (nSPS) is 20.4. The van der Waals surface area contributed by atoms with Crippen LogP contribution in [0.3, 0.4) is 0 Å². The molecule has 27 heavy (non-hydrogen) atoms. The van der Waals surface area contributed by atoms with Gasteiger partial charge in [0.25, 0.3) is 0 Å². The van der Waals surface area contributed by atoms with Crippen LogP contribution in [0, 0.1) is 17.6 Å². The third-order valence-corrected chi connectivity index (χ3v) is 4.98. The standard InChI is InChI=1S/C18H20F2N2O4S/c1-27(23,24)22-17-6-7-25-10-12(17)11-26-14-3-4-15(16(20)8-14)18-5-2-13(19)9-21-18/h2-5,8-9,12,17,22H,6-7,10-11H2,1H3/t12-,17+/m0/s1. The molecule has 1 aliphatic rings. The summed E-state index contributed by atoms with van der Waals surface area (Å²) in [6.45, 7) is 1.01. The van der Waals surface area contributed by atoms with Gasteiger partial charge in [-0.25, -0.2) is 21.9 Å². The molecule has 0 aliphatic carbocycles. The molecular weight excluding hydrogens is 378 g/mol. The van der Waals surface area contributed by atoms with E-state index in [1.807, 2.05) is 0 Å². The van der Waals surface area contributed by atoms with E-state index in [0.29, 0.717) is 31.1 Å². The molecule has 2 heterocycles. The predicted octanol–water partition coefficient (Wildman–Crippen LogP) is 2.36. The number of hydrogen-bond acceptors (Lipinski definition) is 5. The van der Waals surface area contributed by atoms with Crippen LogP contribution in [-0.4, -0.2) is 45.5 Å². The summed E-state index contributed by atoms with van der Waals surface area (Å²) in [6, 6.07) is 6.64. The van der Waals surface area contributed by atoms with Crippen molar-refractivity contribution in [2.45, 2.75) is 12.5 Å². The lowest BCUT2D eigenvalue weighted by Crippen LogP contribution is -2.47. The van der Waals surface area contributed by atoms with Crippen LogP contribution in [0.2, 0.25) is 0 Å². The highest BCUT2D eigenvalue weighted by Crippen LogP contribution is 2.26. The van der Waals surface area contributed by atoms with E-state index in [9.17, 15) is 17.2 Å². The molecule has 1 aromatic carbocycles. The van der Waals surface area contributed by atoms with Crippen molar-refractivity contribution < 1.29 is 26.7 Å². The molecule has 0 saturated carbocycles. The minimum atomic E-state index is -3.34. The highest BCUT2D eigenvalue weighted by molar-refractivity contribution is 7.88. The number of nitrogens with one attached hydrogen (secondary N) is 1. The van der Waals surface area contributed by atoms with E-state index in [-0.39, 0.29) is 24.1 Å². The van der Waals surface area contributed by atoms with Crippen molar-refractivity contribution in [2.24, 2.45) is 5.92 Å². The minimum Gasteiger partial charge on any atom is -0.493 e. The van der Waals surface area contributed by atoms with Crippen molar-refractivity contribution >= 4 is 10.0 Å². The van der Waals surface area contributed by atoms with Gasteiger partial charge in [0.1, 0.15) is 17.4 Å². The lowest BCUT2D eigenvalue weighted by molar-refractivity contribution is 0.0186. The third-order valence-electron chi connectivity index (χ3n) is 4.25. The highest BCUT2D eigenvalue weighted by Gasteiger charge is 2.28. The fourth-order valence-electron chi connectivity index (χ4n) is 2.92. The Kier molecular flexibility index (Phi) is 6.03. The van der Waals surface area contributed by atoms with Gasteiger partial charge in [-0.15, -0.1) is 0 Å². The molecule has 146 valence electrons. The number of rotatable bonds is 6. The van der Waals surface area contributed by atoms with Crippen LogP contribution in [0.25, 0.3) is 11.3 Å². The molecular formula is C18H20F2N2O4S. The highest BCUT2D eigenvalue weighted by atomic mass is 32.2. The molecule has 2 aromatic rings. The molecule has 3 rings (SSSR count). The summed E-state index contributed by atoms with van der Waals surface area (Å²) in [5.74, 6) is -0.916. The number of halogens is 2. The Morgan fingerprint density at radius 2 is 2.11 bits per heavy atom. The van der Waals surface area contributed by atoms with Gasteiger partial charge in [-0.05, 0) is 30.7 Å². The van der Waals surface area contributed by atoms with Crippen LogP contribution in [0.5, 0.6) is 5.75 Å². The van der Waals surface area contributed by atoms with E-state index < -0.39 is 21.7 Å². The van der Waals surface area contributed by atoms with Gasteiger partial charge in [0, 0.05) is 30.2 Å². The Morgan fingerprint density at radius 1 is 1.30 bits per heavy atom. The van der Waals surface area contributed by atoms with E-state index in [1.165, 1.54) is 24.3 Å². The number of ether oxygens (including phenoxy) is 2. The first-order chi connectivity index (χ1) is 12.8. The number of hydrogen-bond donors (Lipinski definition) is 1. The monoisotopic (exact) mass is 398 g/mol. The van der Waals surface area contributed by atoms with Crippen molar-refractivity contribution in [1.29, 1.82) is 0 Å². The molecule has 1 N–H and O–H groups in total. The van der Waals surface area contributed by atoms with E-state index >= 15 is 0 Å². The van der Waals surface area contributed by atoms with Crippen molar-refractivity contribution in [3.63, 3.8) is 0 Å². The van der Waals surface area contributed by atoms with E-state index in [1.54, 1.807) is 6.07 Å². The summed E-state index contributed by atoms with van der Waals surface area (Å²) in [7, 11) is -3.34. The van der Waals surface area contributed by atoms with Crippen LogP contribution in [-0.2, 0) is 14.8 Å². The maximum Gasteiger partial charge on any atom is 0.208 e. The Labute approximate surface area is 156 Å². The second kappa shape index (κ2) is 8.28. The minimum absolute atomic E-state index is 0.181. The number of benzene rings is 1. The molecule has 1 fully saturated rings. The summed E-state index contributed by atoms with van der Waals surface area (Å²) in [6.07, 6.45) is 2.68. The molecule has 0 unspecified atom stereocenters. The van der Waals surface area contributed by atoms with Gasteiger partial charge < -0.3 is 9.47 Å². The second-order valence-corrected chi connectivity index (χ2v) is 8.21. The van der Waals surface area contributed by atoms with Gasteiger partial charge in [-0.3, -0.25) is 4.98 Å². The lowest BCUT2D eigenvalue weighted by atomic mass is 9.98. The van der Waals surface area contributed by atoms with Gasteiger partial charge in [0.2, 0.25) is 10.0 Å². The summed E-state index contributed by atoms with van der Waals surface area (Å²) < 4.78 is 63.9. The van der Waals surface area contributed by atoms with Crippen LogP contribution in [0.4, 0.5) is 8.78 Å². The molecule has 0 bridgehead atoms. The topological polar surface area (TPSA) is 77.5 Å². The largest absolute Gasteiger partial charge is 0.493 e. The van der Waals surface area contributed by atoms with Gasteiger partial charge in [0.15, 0.2) is 0 Å². The van der Waals surface area contributed by atoms with Crippen LogP contribution in [0.15, 0.2) is 36.5 Å². The number of pyridine rings is 1. The van der Waals surface area contributed by atoms with Crippen molar-refractivity contribution in [3.05, 3.63) is 48.2 Å². The van der Waals surface area contributed by atoms with Crippen molar-refractivity contribution in [1.82, 2.24) is 9.71 Å². The maximum atomic E-state index is 14.4. The molecule has 0 spiro atoms. The lowest BCUT2D eigenvalue weighted by Gasteiger charge is -2.31. The van der Waals surface area contributed by atoms with Crippen molar-refractivity contribution in [2.75, 3.05) is 26.1 Å². The average Bonchev–Trinajstić information content (AvgIpc) is 2.61. The summed E-state index contributed by atoms with van der Waals surface area (Å²) >= 11 is 0. The average molecular weight is 398 g/mol. The number of aromatic nitrogens is 1. The molecule has 6 nitrogen and oxygen atoms in total. The fraction of sp³-hybridized carbons (Fsp3) is 0.389. The number of nitrogens with zero attached hydrogens (tertiary/aromatic N) is 1. The van der Waals surface area contributed by atoms with E-state index in [2.05, 4.69) is 9.71 Å². The zero-order chi connectivity index (χ0) is 19.4. The summed E-state index contributed by atoms with van der Waals surface area (Å²) in [5, 5.41) is 0. The molecule has 1 aromatic heterocycles. The Morgan fingerprint density at radius 3 is 2.78 bits per heavy atom. The quantitative estimate of drug-likeness (QED) is 0.808. The third kappa shape index (κ3) is 5.44. The molecule has 9 heteroatoms. The summed E-state index contributed by atoms with van der Waals surface area (Å²) in [4.78, 5) is 3.86. The van der Waals surface area contributed by atoms with Crippen LogP contribution in [0.1, 0.15) is 6.42 Å². The maximum absolute atomic E-state index is 14.4. The van der Waals surface area contributed by atoms with Gasteiger partial charge >= 0.3 is 0 Å². The summed E-state index contributed by atoms with van der Waals surface area (Å²) in [5.41, 5.74) is 0.554. The zero-order valence-corrected chi connectivity index (χ0v) is 15.5. The van der Waals surface area contributed by atoms with Gasteiger partial charge in [-0.1, -0.05) is 0 Å². The second-order valence-electron chi connectivity index (χ2n) is 6.43. The Bertz CT molecular complexity index is 891. The molecule has 1 saturated heterocycles. The molecule has 0 radical (unpaired) electrons. The van der Waals surface area contributed by atoms with E-state index in [4.69, 9.17) is 9.47 Å². The zero-order valence-electron chi connectivity index (χ0n) is 14.7. The van der Waals surface area contributed by atoms with E-state index in [0.717, 1.165) is 12.5 Å². The SMILES string of the molecule is CS(=O)(=O)N[C@@H]1CCOC[C@H]1COc1ccc(-c2ccc(F)cn2)c(F)c1. The van der Waals surface area contributed by atoms with Gasteiger partial charge in [0.05, 0.1) is 31.4 Å². The molecule has 0 amide bonds. The fourth-order valence-corrected chi connectivity index (χ4v) is 3.78. The number of sulfonamides is 1. The first-order valence-corrected chi connectivity index (χ1v) is 10.3. The van der Waals surface area contributed by atoms with Crippen molar-refractivity contribution in [3.8, 4) is 17.0 Å². The molecule has 2 atom stereocenters.